The molecule has 0 saturated carbocycles. The molecule has 0 saturated heterocycles. The SMILES string of the molecule is CC(C)(C)OC(=O)Nc1ccc(C(O)CCl)c(F)c1. The number of benzene rings is 1. The summed E-state index contributed by atoms with van der Waals surface area (Å²) in [7, 11) is 0. The van der Waals surface area contributed by atoms with Gasteiger partial charge in [-0.1, -0.05) is 6.07 Å². The number of anilines is 1. The van der Waals surface area contributed by atoms with Gasteiger partial charge in [0.2, 0.25) is 0 Å². The predicted octanol–water partition coefficient (Wildman–Crippen LogP) is 3.44. The van der Waals surface area contributed by atoms with Crippen LogP contribution in [0.15, 0.2) is 18.2 Å². The third kappa shape index (κ3) is 5.04. The Morgan fingerprint density at radius 1 is 1.53 bits per heavy atom. The van der Waals surface area contributed by atoms with Crippen LogP contribution in [0.1, 0.15) is 32.4 Å². The molecule has 1 aromatic carbocycles. The first-order valence-corrected chi connectivity index (χ1v) is 6.30. The molecule has 0 aromatic heterocycles. The Balaban J connectivity index is 2.76. The molecule has 1 unspecified atom stereocenters. The lowest BCUT2D eigenvalue weighted by molar-refractivity contribution is 0.0636. The zero-order chi connectivity index (χ0) is 14.6. The van der Waals surface area contributed by atoms with E-state index in [1.165, 1.54) is 12.1 Å². The first kappa shape index (κ1) is 15.7. The van der Waals surface area contributed by atoms with Crippen LogP contribution >= 0.6 is 11.6 Å². The van der Waals surface area contributed by atoms with Gasteiger partial charge in [0.1, 0.15) is 11.4 Å². The summed E-state index contributed by atoms with van der Waals surface area (Å²) in [5.74, 6) is -0.739. The Labute approximate surface area is 116 Å². The molecule has 0 spiro atoms. The molecule has 0 bridgehead atoms. The minimum atomic E-state index is -1.07. The van der Waals surface area contributed by atoms with Crippen LogP contribution in [0.2, 0.25) is 0 Å². The summed E-state index contributed by atoms with van der Waals surface area (Å²) in [6.07, 6.45) is -1.74. The molecule has 0 aliphatic carbocycles. The lowest BCUT2D eigenvalue weighted by Gasteiger charge is -2.19. The number of nitrogens with one attached hydrogen (secondary N) is 1. The van der Waals surface area contributed by atoms with Crippen molar-refractivity contribution in [2.75, 3.05) is 11.2 Å². The van der Waals surface area contributed by atoms with E-state index in [2.05, 4.69) is 5.32 Å². The number of alkyl halides is 1. The van der Waals surface area contributed by atoms with Crippen LogP contribution in [0.5, 0.6) is 0 Å². The molecule has 1 atom stereocenters. The molecule has 106 valence electrons. The highest BCUT2D eigenvalue weighted by molar-refractivity contribution is 6.18. The number of carbonyl (C=O) groups excluding carboxylic acids is 1. The van der Waals surface area contributed by atoms with Gasteiger partial charge in [-0.25, -0.2) is 9.18 Å². The first-order valence-electron chi connectivity index (χ1n) is 5.76. The Kier molecular flexibility index (Phi) is 5.14. The number of ether oxygens (including phenoxy) is 1. The van der Waals surface area contributed by atoms with Gasteiger partial charge in [-0.05, 0) is 32.9 Å². The average Bonchev–Trinajstić information content (AvgIpc) is 2.25. The highest BCUT2D eigenvalue weighted by Crippen LogP contribution is 2.22. The lowest BCUT2D eigenvalue weighted by Crippen LogP contribution is -2.27. The van der Waals surface area contributed by atoms with Gasteiger partial charge in [0.05, 0.1) is 12.0 Å². The van der Waals surface area contributed by atoms with Gasteiger partial charge >= 0.3 is 6.09 Å². The minimum Gasteiger partial charge on any atom is -0.444 e. The molecule has 6 heteroatoms. The second kappa shape index (κ2) is 6.21. The van der Waals surface area contributed by atoms with E-state index in [-0.39, 0.29) is 17.1 Å². The van der Waals surface area contributed by atoms with Crippen LogP contribution in [0.3, 0.4) is 0 Å². The van der Waals surface area contributed by atoms with Crippen molar-refractivity contribution in [1.82, 2.24) is 0 Å². The number of rotatable bonds is 3. The number of hydrogen-bond donors (Lipinski definition) is 2. The first-order chi connectivity index (χ1) is 8.73. The Hall–Kier alpha value is -1.33. The maximum Gasteiger partial charge on any atom is 0.412 e. The lowest BCUT2D eigenvalue weighted by atomic mass is 10.1. The van der Waals surface area contributed by atoms with E-state index in [4.69, 9.17) is 16.3 Å². The Morgan fingerprint density at radius 3 is 2.63 bits per heavy atom. The minimum absolute atomic E-state index is 0.0877. The van der Waals surface area contributed by atoms with Crippen LogP contribution in [-0.2, 0) is 4.74 Å². The van der Waals surface area contributed by atoms with Gasteiger partial charge in [0.15, 0.2) is 0 Å². The van der Waals surface area contributed by atoms with Crippen molar-refractivity contribution < 1.29 is 19.0 Å². The summed E-state index contributed by atoms with van der Waals surface area (Å²) in [6, 6.07) is 3.95. The van der Waals surface area contributed by atoms with Crippen molar-refractivity contribution in [2.24, 2.45) is 0 Å². The zero-order valence-electron chi connectivity index (χ0n) is 11.0. The highest BCUT2D eigenvalue weighted by Gasteiger charge is 2.17. The fourth-order valence-corrected chi connectivity index (χ4v) is 1.55. The number of hydrogen-bond acceptors (Lipinski definition) is 3. The topological polar surface area (TPSA) is 58.6 Å². The van der Waals surface area contributed by atoms with E-state index in [0.29, 0.717) is 0 Å². The Morgan fingerprint density at radius 2 is 2.16 bits per heavy atom. The second-order valence-electron chi connectivity index (χ2n) is 5.03. The monoisotopic (exact) mass is 289 g/mol. The molecule has 0 radical (unpaired) electrons. The molecule has 0 heterocycles. The number of aliphatic hydroxyl groups excluding tert-OH is 1. The van der Waals surface area contributed by atoms with E-state index in [0.717, 1.165) is 6.07 Å². The van der Waals surface area contributed by atoms with Crippen LogP contribution in [0, 0.1) is 5.82 Å². The molecular weight excluding hydrogens is 273 g/mol. The molecule has 1 aromatic rings. The van der Waals surface area contributed by atoms with Crippen molar-refractivity contribution in [3.63, 3.8) is 0 Å². The molecule has 0 aliphatic rings. The summed E-state index contributed by atoms with van der Waals surface area (Å²) in [5.41, 5.74) is -0.292. The van der Waals surface area contributed by atoms with E-state index >= 15 is 0 Å². The van der Waals surface area contributed by atoms with E-state index < -0.39 is 23.6 Å². The van der Waals surface area contributed by atoms with E-state index in [9.17, 15) is 14.3 Å². The fraction of sp³-hybridized carbons (Fsp3) is 0.462. The quantitative estimate of drug-likeness (QED) is 0.838. The van der Waals surface area contributed by atoms with Gasteiger partial charge < -0.3 is 9.84 Å². The molecular formula is C13H17ClFNO3. The van der Waals surface area contributed by atoms with Crippen LogP contribution < -0.4 is 5.32 Å². The summed E-state index contributed by atoms with van der Waals surface area (Å²) in [4.78, 5) is 11.5. The number of amides is 1. The fourth-order valence-electron chi connectivity index (χ4n) is 1.38. The Bertz CT molecular complexity index is 460. The van der Waals surface area contributed by atoms with Crippen molar-refractivity contribution in [2.45, 2.75) is 32.5 Å². The van der Waals surface area contributed by atoms with Crippen molar-refractivity contribution in [3.8, 4) is 0 Å². The zero-order valence-corrected chi connectivity index (χ0v) is 11.8. The molecule has 2 N–H and O–H groups in total. The van der Waals surface area contributed by atoms with Crippen LogP contribution in [0.25, 0.3) is 0 Å². The molecule has 0 fully saturated rings. The smallest absolute Gasteiger partial charge is 0.412 e. The average molecular weight is 290 g/mol. The van der Waals surface area contributed by atoms with Crippen molar-refractivity contribution in [3.05, 3.63) is 29.6 Å². The summed E-state index contributed by atoms with van der Waals surface area (Å²) < 4.78 is 18.7. The predicted molar refractivity (Wildman–Crippen MR) is 71.9 cm³/mol. The summed E-state index contributed by atoms with van der Waals surface area (Å²) >= 11 is 5.45. The third-order valence-corrected chi connectivity index (χ3v) is 2.44. The highest BCUT2D eigenvalue weighted by atomic mass is 35.5. The molecule has 0 aliphatic heterocycles. The molecule has 4 nitrogen and oxygen atoms in total. The second-order valence-corrected chi connectivity index (χ2v) is 5.34. The molecule has 19 heavy (non-hydrogen) atoms. The largest absolute Gasteiger partial charge is 0.444 e. The summed E-state index contributed by atoms with van der Waals surface area (Å²) in [6.45, 7) is 5.19. The maximum atomic E-state index is 13.7. The number of halogens is 2. The normalized spacial score (nSPS) is 12.9. The van der Waals surface area contributed by atoms with Gasteiger partial charge in [-0.15, -0.1) is 11.6 Å². The van der Waals surface area contributed by atoms with Gasteiger partial charge in [0, 0.05) is 11.3 Å². The molecule has 1 amide bonds. The standard InChI is InChI=1S/C13H17ClFNO3/c1-13(2,3)19-12(18)16-8-4-5-9(10(15)6-8)11(17)7-14/h4-6,11,17H,7H2,1-3H3,(H,16,18). The van der Waals surface area contributed by atoms with Crippen LogP contribution in [-0.4, -0.2) is 22.7 Å². The maximum absolute atomic E-state index is 13.7. The van der Waals surface area contributed by atoms with E-state index in [1.807, 2.05) is 0 Å². The summed E-state index contributed by atoms with van der Waals surface area (Å²) in [5, 5.41) is 11.9. The van der Waals surface area contributed by atoms with Crippen LogP contribution in [0.4, 0.5) is 14.9 Å². The van der Waals surface area contributed by atoms with E-state index in [1.54, 1.807) is 20.8 Å². The van der Waals surface area contributed by atoms with Crippen molar-refractivity contribution in [1.29, 1.82) is 0 Å². The van der Waals surface area contributed by atoms with Gasteiger partial charge in [0.25, 0.3) is 0 Å². The third-order valence-electron chi connectivity index (χ3n) is 2.15. The number of aliphatic hydroxyl groups is 1. The van der Waals surface area contributed by atoms with Gasteiger partial charge in [-0.2, -0.15) is 0 Å². The number of carbonyl (C=O) groups is 1. The van der Waals surface area contributed by atoms with Gasteiger partial charge in [-0.3, -0.25) is 5.32 Å². The van der Waals surface area contributed by atoms with Crippen molar-refractivity contribution >= 4 is 23.4 Å². The molecule has 1 rings (SSSR count).